The molecule has 2 N–H and O–H groups in total. The van der Waals surface area contributed by atoms with Crippen molar-refractivity contribution in [1.82, 2.24) is 15.0 Å². The SMILES string of the molecule is Cc1c(F)cccc1-n1cc(N)nn1. The fraction of sp³-hybridized carbons (Fsp3) is 0.111. The second-order valence-electron chi connectivity index (χ2n) is 2.97. The van der Waals surface area contributed by atoms with Crippen LogP contribution >= 0.6 is 0 Å². The maximum Gasteiger partial charge on any atom is 0.166 e. The van der Waals surface area contributed by atoms with Gasteiger partial charge >= 0.3 is 0 Å². The Kier molecular flexibility index (Phi) is 1.92. The zero-order valence-electron chi connectivity index (χ0n) is 7.61. The van der Waals surface area contributed by atoms with E-state index in [0.29, 0.717) is 17.1 Å². The molecule has 1 aromatic heterocycles. The van der Waals surface area contributed by atoms with E-state index >= 15 is 0 Å². The first kappa shape index (κ1) is 8.68. The van der Waals surface area contributed by atoms with Crippen LogP contribution in [0.3, 0.4) is 0 Å². The fourth-order valence-electron chi connectivity index (χ4n) is 1.24. The summed E-state index contributed by atoms with van der Waals surface area (Å²) in [6.45, 7) is 1.68. The molecule has 0 unspecified atom stereocenters. The monoisotopic (exact) mass is 192 g/mol. The number of nitrogen functional groups attached to an aromatic ring is 1. The van der Waals surface area contributed by atoms with Crippen molar-refractivity contribution in [2.75, 3.05) is 5.73 Å². The molecule has 0 spiro atoms. The molecule has 0 fully saturated rings. The van der Waals surface area contributed by atoms with Crippen molar-refractivity contribution in [1.29, 1.82) is 0 Å². The van der Waals surface area contributed by atoms with Crippen LogP contribution in [0.25, 0.3) is 5.69 Å². The van der Waals surface area contributed by atoms with Crippen LogP contribution in [-0.4, -0.2) is 15.0 Å². The summed E-state index contributed by atoms with van der Waals surface area (Å²) in [5.41, 5.74) is 6.59. The highest BCUT2D eigenvalue weighted by Crippen LogP contribution is 2.16. The van der Waals surface area contributed by atoms with E-state index in [2.05, 4.69) is 10.3 Å². The van der Waals surface area contributed by atoms with E-state index in [1.165, 1.54) is 10.7 Å². The average Bonchev–Trinajstić information content (AvgIpc) is 2.57. The number of nitrogens with two attached hydrogens (primary N) is 1. The second-order valence-corrected chi connectivity index (χ2v) is 2.97. The molecule has 0 amide bonds. The third-order valence-corrected chi connectivity index (χ3v) is 2.00. The lowest BCUT2D eigenvalue weighted by Gasteiger charge is -2.04. The van der Waals surface area contributed by atoms with Crippen molar-refractivity contribution in [2.24, 2.45) is 0 Å². The van der Waals surface area contributed by atoms with Crippen LogP contribution in [0.1, 0.15) is 5.56 Å². The zero-order chi connectivity index (χ0) is 10.1. The lowest BCUT2D eigenvalue weighted by atomic mass is 10.2. The van der Waals surface area contributed by atoms with Crippen LogP contribution in [-0.2, 0) is 0 Å². The molecule has 4 nitrogen and oxygen atoms in total. The molecule has 1 aromatic carbocycles. The molecule has 0 radical (unpaired) electrons. The van der Waals surface area contributed by atoms with Crippen LogP contribution in [0.4, 0.5) is 10.2 Å². The number of halogens is 1. The van der Waals surface area contributed by atoms with Gasteiger partial charge in [0.2, 0.25) is 0 Å². The van der Waals surface area contributed by atoms with E-state index in [1.807, 2.05) is 0 Å². The number of anilines is 1. The minimum absolute atomic E-state index is 0.267. The molecule has 2 rings (SSSR count). The van der Waals surface area contributed by atoms with E-state index < -0.39 is 0 Å². The number of benzene rings is 1. The van der Waals surface area contributed by atoms with Crippen LogP contribution < -0.4 is 5.73 Å². The van der Waals surface area contributed by atoms with Gasteiger partial charge in [-0.2, -0.15) is 0 Å². The summed E-state index contributed by atoms with van der Waals surface area (Å²) in [4.78, 5) is 0. The van der Waals surface area contributed by atoms with Crippen molar-refractivity contribution < 1.29 is 4.39 Å². The Morgan fingerprint density at radius 3 is 2.86 bits per heavy atom. The molecule has 0 aliphatic carbocycles. The van der Waals surface area contributed by atoms with Gasteiger partial charge in [0.15, 0.2) is 5.82 Å². The van der Waals surface area contributed by atoms with Gasteiger partial charge in [-0.1, -0.05) is 11.3 Å². The van der Waals surface area contributed by atoms with Crippen LogP contribution in [0.2, 0.25) is 0 Å². The van der Waals surface area contributed by atoms with Crippen LogP contribution in [0.5, 0.6) is 0 Å². The maximum absolute atomic E-state index is 13.2. The smallest absolute Gasteiger partial charge is 0.166 e. The molecule has 1 heterocycles. The molecule has 0 saturated carbocycles. The lowest BCUT2D eigenvalue weighted by Crippen LogP contribution is -1.99. The molecule has 72 valence electrons. The van der Waals surface area contributed by atoms with Crippen LogP contribution in [0.15, 0.2) is 24.4 Å². The standard InChI is InChI=1S/C9H9FN4/c1-6-7(10)3-2-4-8(6)14-5-9(11)12-13-14/h2-5H,11H2,1H3. The molecule has 5 heteroatoms. The number of nitrogens with zero attached hydrogens (tertiary/aromatic N) is 3. The summed E-state index contributed by atoms with van der Waals surface area (Å²) in [6, 6.07) is 4.78. The van der Waals surface area contributed by atoms with E-state index in [1.54, 1.807) is 25.3 Å². The Labute approximate surface area is 80.2 Å². The number of aromatic nitrogens is 3. The van der Waals surface area contributed by atoms with E-state index in [4.69, 9.17) is 5.73 Å². The van der Waals surface area contributed by atoms with Gasteiger partial charge in [-0.3, -0.25) is 0 Å². The van der Waals surface area contributed by atoms with Gasteiger partial charge in [0.05, 0.1) is 11.9 Å². The average molecular weight is 192 g/mol. The highest BCUT2D eigenvalue weighted by molar-refractivity contribution is 5.41. The first-order valence-electron chi connectivity index (χ1n) is 4.12. The largest absolute Gasteiger partial charge is 0.381 e. The summed E-state index contributed by atoms with van der Waals surface area (Å²) >= 11 is 0. The lowest BCUT2D eigenvalue weighted by molar-refractivity contribution is 0.614. The summed E-state index contributed by atoms with van der Waals surface area (Å²) in [5.74, 6) is 0.0465. The van der Waals surface area contributed by atoms with Crippen molar-refractivity contribution in [3.63, 3.8) is 0 Å². The Morgan fingerprint density at radius 1 is 1.43 bits per heavy atom. The Hall–Kier alpha value is -1.91. The molecular weight excluding hydrogens is 183 g/mol. The summed E-state index contributed by atoms with van der Waals surface area (Å²) in [5, 5.41) is 7.40. The fourth-order valence-corrected chi connectivity index (χ4v) is 1.24. The summed E-state index contributed by atoms with van der Waals surface area (Å²) in [7, 11) is 0. The third-order valence-electron chi connectivity index (χ3n) is 2.00. The number of hydrogen-bond donors (Lipinski definition) is 1. The van der Waals surface area contributed by atoms with Gasteiger partial charge in [0.25, 0.3) is 0 Å². The van der Waals surface area contributed by atoms with E-state index in [0.717, 1.165) is 0 Å². The van der Waals surface area contributed by atoms with Gasteiger partial charge in [-0.05, 0) is 19.1 Å². The van der Waals surface area contributed by atoms with Crippen molar-refractivity contribution >= 4 is 5.82 Å². The Balaban J connectivity index is 2.57. The topological polar surface area (TPSA) is 56.7 Å². The van der Waals surface area contributed by atoms with Crippen molar-refractivity contribution in [3.05, 3.63) is 35.8 Å². The normalized spacial score (nSPS) is 10.4. The van der Waals surface area contributed by atoms with Gasteiger partial charge in [0.1, 0.15) is 5.82 Å². The third kappa shape index (κ3) is 1.32. The molecule has 0 aliphatic heterocycles. The Morgan fingerprint density at radius 2 is 2.21 bits per heavy atom. The molecular formula is C9H9FN4. The predicted octanol–water partition coefficient (Wildman–Crippen LogP) is 1.30. The number of rotatable bonds is 1. The van der Waals surface area contributed by atoms with E-state index in [-0.39, 0.29) is 5.82 Å². The van der Waals surface area contributed by atoms with Gasteiger partial charge < -0.3 is 5.73 Å². The molecule has 2 aromatic rings. The molecule has 0 bridgehead atoms. The molecule has 0 saturated heterocycles. The van der Waals surface area contributed by atoms with Gasteiger partial charge in [-0.25, -0.2) is 9.07 Å². The molecule has 0 atom stereocenters. The zero-order valence-corrected chi connectivity index (χ0v) is 7.61. The predicted molar refractivity (Wildman–Crippen MR) is 50.5 cm³/mol. The summed E-state index contributed by atoms with van der Waals surface area (Å²) < 4.78 is 14.6. The number of hydrogen-bond acceptors (Lipinski definition) is 3. The highest BCUT2D eigenvalue weighted by atomic mass is 19.1. The van der Waals surface area contributed by atoms with Gasteiger partial charge in [0, 0.05) is 5.56 Å². The van der Waals surface area contributed by atoms with E-state index in [9.17, 15) is 4.39 Å². The maximum atomic E-state index is 13.2. The highest BCUT2D eigenvalue weighted by Gasteiger charge is 2.06. The van der Waals surface area contributed by atoms with Crippen LogP contribution in [0, 0.1) is 12.7 Å². The first-order chi connectivity index (χ1) is 6.68. The molecule has 14 heavy (non-hydrogen) atoms. The summed E-state index contributed by atoms with van der Waals surface area (Å²) in [6.07, 6.45) is 1.54. The minimum Gasteiger partial charge on any atom is -0.381 e. The molecule has 0 aliphatic rings. The first-order valence-corrected chi connectivity index (χ1v) is 4.12. The Bertz CT molecular complexity index is 464. The van der Waals surface area contributed by atoms with Crippen molar-refractivity contribution in [3.8, 4) is 5.69 Å². The van der Waals surface area contributed by atoms with Crippen molar-refractivity contribution in [2.45, 2.75) is 6.92 Å². The quantitative estimate of drug-likeness (QED) is 0.740. The van der Waals surface area contributed by atoms with Gasteiger partial charge in [-0.15, -0.1) is 5.10 Å². The second kappa shape index (κ2) is 3.10. The minimum atomic E-state index is -0.267.